The van der Waals surface area contributed by atoms with E-state index in [1.807, 2.05) is 31.2 Å². The molecule has 0 saturated carbocycles. The van der Waals surface area contributed by atoms with E-state index in [2.05, 4.69) is 0 Å². The van der Waals surface area contributed by atoms with Gasteiger partial charge in [0.2, 0.25) is 10.0 Å². The average molecular weight is 670 g/mol. The van der Waals surface area contributed by atoms with Gasteiger partial charge in [-0.1, -0.05) is 47.5 Å². The van der Waals surface area contributed by atoms with Crippen molar-refractivity contribution < 1.29 is 22.7 Å². The summed E-state index contributed by atoms with van der Waals surface area (Å²) in [5, 5.41) is 1.10. The fourth-order valence-electron chi connectivity index (χ4n) is 4.79. The molecule has 9 nitrogen and oxygen atoms in total. The van der Waals surface area contributed by atoms with Gasteiger partial charge in [-0.3, -0.25) is 9.89 Å². The van der Waals surface area contributed by atoms with Crippen LogP contribution in [-0.2, 0) is 14.8 Å². The molecule has 1 heterocycles. The molecule has 2 atom stereocenters. The van der Waals surface area contributed by atoms with Gasteiger partial charge in [-0.15, -0.1) is 12.4 Å². The van der Waals surface area contributed by atoms with Gasteiger partial charge in [0.05, 0.1) is 30.5 Å². The van der Waals surface area contributed by atoms with E-state index >= 15 is 0 Å². The first-order valence-electron chi connectivity index (χ1n) is 13.4. The maximum atomic E-state index is 13.7. The Balaban J connectivity index is 0.00000506. The van der Waals surface area contributed by atoms with Crippen molar-refractivity contribution in [2.24, 2.45) is 4.99 Å². The van der Waals surface area contributed by atoms with Gasteiger partial charge >= 0.3 is 6.09 Å². The second-order valence-corrected chi connectivity index (χ2v) is 12.9. The predicted molar refractivity (Wildman–Crippen MR) is 174 cm³/mol. The Bertz CT molecular complexity index is 1580. The van der Waals surface area contributed by atoms with Gasteiger partial charge in [0, 0.05) is 44.3 Å². The fraction of sp³-hybridized carbons (Fsp3) is 0.333. The Kier molecular flexibility index (Phi) is 11.4. The zero-order valence-electron chi connectivity index (χ0n) is 24.7. The lowest BCUT2D eigenvalue weighted by Crippen LogP contribution is -2.38. The Morgan fingerprint density at radius 2 is 1.47 bits per heavy atom. The van der Waals surface area contributed by atoms with Gasteiger partial charge < -0.3 is 14.4 Å². The van der Waals surface area contributed by atoms with Crippen molar-refractivity contribution >= 4 is 63.2 Å². The zero-order chi connectivity index (χ0) is 30.8. The van der Waals surface area contributed by atoms with E-state index in [1.54, 1.807) is 56.3 Å². The van der Waals surface area contributed by atoms with Crippen LogP contribution in [0.3, 0.4) is 0 Å². The van der Waals surface area contributed by atoms with Crippen LogP contribution in [0.1, 0.15) is 42.6 Å². The number of nitrogens with zero attached hydrogens (tertiary/aromatic N) is 4. The summed E-state index contributed by atoms with van der Waals surface area (Å²) in [6.07, 6.45) is -0.635. The number of halogens is 3. The summed E-state index contributed by atoms with van der Waals surface area (Å²) in [6, 6.07) is 16.3. The standard InChI is InChI=1S/C30H34Cl2N4O5S.ClH/c1-7-40-25-18-24(34(3)4)26(42(38,39)35(5)6)17-23(25)29-33-27(19-9-13-21(31)14-10-19)28(36(29)30(37)41-8-2)20-11-15-22(32)16-12-20;/h9-18,27-28H,7-8H2,1-6H3;1H. The molecule has 0 N–H and O–H groups in total. The molecule has 0 radical (unpaired) electrons. The summed E-state index contributed by atoms with van der Waals surface area (Å²) in [4.78, 5) is 22.0. The molecule has 0 aliphatic carbocycles. The number of amides is 1. The van der Waals surface area contributed by atoms with Crippen LogP contribution in [0.5, 0.6) is 5.75 Å². The third-order valence-corrected chi connectivity index (χ3v) is 9.14. The monoisotopic (exact) mass is 668 g/mol. The molecule has 4 rings (SSSR count). The maximum Gasteiger partial charge on any atom is 0.416 e. The van der Waals surface area contributed by atoms with Crippen molar-refractivity contribution in [3.8, 4) is 5.75 Å². The first kappa shape index (κ1) is 34.5. The lowest BCUT2D eigenvalue weighted by atomic mass is 9.94. The molecular formula is C30H35Cl3N4O5S. The first-order chi connectivity index (χ1) is 19.9. The molecule has 3 aromatic rings. The van der Waals surface area contributed by atoms with Crippen molar-refractivity contribution in [3.05, 3.63) is 87.4 Å². The fourth-order valence-corrected chi connectivity index (χ4v) is 6.21. The number of hydrogen-bond donors (Lipinski definition) is 0. The molecule has 0 bridgehead atoms. The third kappa shape index (κ3) is 7.05. The molecule has 0 spiro atoms. The predicted octanol–water partition coefficient (Wildman–Crippen LogP) is 6.83. The average Bonchev–Trinajstić information content (AvgIpc) is 3.34. The Morgan fingerprint density at radius 1 is 0.907 bits per heavy atom. The number of anilines is 1. The highest BCUT2D eigenvalue weighted by atomic mass is 35.5. The molecule has 1 aliphatic rings. The van der Waals surface area contributed by atoms with E-state index in [4.69, 9.17) is 37.7 Å². The van der Waals surface area contributed by atoms with E-state index in [0.29, 0.717) is 33.7 Å². The number of amidine groups is 1. The third-order valence-electron chi connectivity index (χ3n) is 6.80. The minimum absolute atomic E-state index is 0. The van der Waals surface area contributed by atoms with Crippen LogP contribution >= 0.6 is 35.6 Å². The van der Waals surface area contributed by atoms with E-state index in [-0.39, 0.29) is 29.7 Å². The largest absolute Gasteiger partial charge is 0.493 e. The van der Waals surface area contributed by atoms with Gasteiger partial charge in [0.15, 0.2) is 0 Å². The number of sulfonamides is 1. The molecule has 232 valence electrons. The van der Waals surface area contributed by atoms with Crippen molar-refractivity contribution in [3.63, 3.8) is 0 Å². The van der Waals surface area contributed by atoms with E-state index in [1.165, 1.54) is 25.1 Å². The zero-order valence-corrected chi connectivity index (χ0v) is 27.9. The normalized spacial score (nSPS) is 16.5. The van der Waals surface area contributed by atoms with Crippen LogP contribution in [0, 0.1) is 0 Å². The van der Waals surface area contributed by atoms with Gasteiger partial charge in [0.1, 0.15) is 22.5 Å². The Hall–Kier alpha value is -3.02. The second kappa shape index (κ2) is 14.2. The molecule has 0 saturated heterocycles. The van der Waals surface area contributed by atoms with Crippen molar-refractivity contribution in [2.45, 2.75) is 30.8 Å². The second-order valence-electron chi connectivity index (χ2n) is 9.95. The van der Waals surface area contributed by atoms with E-state index in [0.717, 1.165) is 15.4 Å². The van der Waals surface area contributed by atoms with Crippen LogP contribution in [0.2, 0.25) is 10.0 Å². The summed E-state index contributed by atoms with van der Waals surface area (Å²) in [5.41, 5.74) is 2.33. The van der Waals surface area contributed by atoms with Crippen LogP contribution in [0.15, 0.2) is 70.6 Å². The highest BCUT2D eigenvalue weighted by Gasteiger charge is 2.44. The summed E-state index contributed by atoms with van der Waals surface area (Å²) in [7, 11) is 2.54. The molecule has 3 aromatic carbocycles. The number of ether oxygens (including phenoxy) is 2. The Labute approximate surface area is 269 Å². The topological polar surface area (TPSA) is 91.8 Å². The van der Waals surface area contributed by atoms with E-state index in [9.17, 15) is 13.2 Å². The van der Waals surface area contributed by atoms with Gasteiger partial charge in [-0.25, -0.2) is 17.5 Å². The first-order valence-corrected chi connectivity index (χ1v) is 15.6. The molecule has 1 aliphatic heterocycles. The SMILES string of the molecule is CCOC(=O)N1C(c2cc(S(=O)(=O)N(C)C)c(N(C)C)cc2OCC)=NC(c2ccc(Cl)cc2)C1c1ccc(Cl)cc1.Cl. The molecule has 0 fully saturated rings. The smallest absolute Gasteiger partial charge is 0.416 e. The van der Waals surface area contributed by atoms with Crippen molar-refractivity contribution in [1.29, 1.82) is 0 Å². The number of benzene rings is 3. The maximum absolute atomic E-state index is 13.7. The van der Waals surface area contributed by atoms with Crippen LogP contribution in [0.4, 0.5) is 10.5 Å². The number of carbonyl (C=O) groups excluding carboxylic acids is 1. The molecule has 43 heavy (non-hydrogen) atoms. The summed E-state index contributed by atoms with van der Waals surface area (Å²) < 4.78 is 39.8. The summed E-state index contributed by atoms with van der Waals surface area (Å²) in [6.45, 7) is 3.97. The molecular weight excluding hydrogens is 635 g/mol. The highest BCUT2D eigenvalue weighted by Crippen LogP contribution is 2.46. The van der Waals surface area contributed by atoms with Gasteiger partial charge in [0.25, 0.3) is 0 Å². The highest BCUT2D eigenvalue weighted by molar-refractivity contribution is 7.89. The molecule has 13 heteroatoms. The number of carbonyl (C=O) groups is 1. The lowest BCUT2D eigenvalue weighted by molar-refractivity contribution is 0.117. The van der Waals surface area contributed by atoms with Crippen LogP contribution < -0.4 is 9.64 Å². The minimum atomic E-state index is -3.91. The van der Waals surface area contributed by atoms with Gasteiger partial charge in [-0.2, -0.15) is 0 Å². The minimum Gasteiger partial charge on any atom is -0.493 e. The van der Waals surface area contributed by atoms with Crippen LogP contribution in [0.25, 0.3) is 0 Å². The molecule has 0 aromatic heterocycles. The number of hydrogen-bond acceptors (Lipinski definition) is 7. The van der Waals surface area contributed by atoms with Gasteiger partial charge in [-0.05, 0) is 55.3 Å². The van der Waals surface area contributed by atoms with Crippen molar-refractivity contribution in [1.82, 2.24) is 9.21 Å². The number of rotatable bonds is 9. The molecule has 2 unspecified atom stereocenters. The van der Waals surface area contributed by atoms with Crippen molar-refractivity contribution in [2.75, 3.05) is 46.3 Å². The molecule has 1 amide bonds. The summed E-state index contributed by atoms with van der Waals surface area (Å²) in [5.74, 6) is 0.593. The quantitative estimate of drug-likeness (QED) is 0.248. The lowest BCUT2D eigenvalue weighted by Gasteiger charge is -2.30. The van der Waals surface area contributed by atoms with Crippen LogP contribution in [-0.4, -0.2) is 71.0 Å². The Morgan fingerprint density at radius 3 is 1.95 bits per heavy atom. The summed E-state index contributed by atoms with van der Waals surface area (Å²) >= 11 is 12.4. The number of aliphatic imine (C=N–C) groups is 1. The van der Waals surface area contributed by atoms with E-state index < -0.39 is 28.2 Å².